The molecule has 4 rings (SSSR count). The number of carbonyl (C=O) groups is 2. The summed E-state index contributed by atoms with van der Waals surface area (Å²) in [6, 6.07) is 10.0. The van der Waals surface area contributed by atoms with Gasteiger partial charge < -0.3 is 14.5 Å². The van der Waals surface area contributed by atoms with Crippen LogP contribution in [0.4, 0.5) is 0 Å². The first-order valence-corrected chi connectivity index (χ1v) is 10.8. The molecule has 2 aliphatic rings. The number of para-hydroxylation sites is 1. The fourth-order valence-electron chi connectivity index (χ4n) is 4.36. The molecule has 2 fully saturated rings. The quantitative estimate of drug-likeness (QED) is 0.726. The first-order chi connectivity index (χ1) is 14.6. The Hall–Kier alpha value is -2.51. The van der Waals surface area contributed by atoms with E-state index < -0.39 is 0 Å². The Bertz CT molecular complexity index is 892. The van der Waals surface area contributed by atoms with Crippen LogP contribution in [0.1, 0.15) is 18.4 Å². The second-order valence-corrected chi connectivity index (χ2v) is 8.22. The Morgan fingerprint density at radius 2 is 2.00 bits per heavy atom. The Balaban J connectivity index is 1.36. The molecule has 30 heavy (non-hydrogen) atoms. The van der Waals surface area contributed by atoms with Crippen molar-refractivity contribution in [2.75, 3.05) is 53.0 Å². The van der Waals surface area contributed by atoms with Crippen molar-refractivity contribution in [3.63, 3.8) is 0 Å². The summed E-state index contributed by atoms with van der Waals surface area (Å²) >= 11 is 0. The molecule has 0 aliphatic carbocycles. The molecule has 0 N–H and O–H groups in total. The summed E-state index contributed by atoms with van der Waals surface area (Å²) in [5.41, 5.74) is 1.98. The average Bonchev–Trinajstić information content (AvgIpc) is 2.79. The summed E-state index contributed by atoms with van der Waals surface area (Å²) < 4.78 is 5.39. The third-order valence-electron chi connectivity index (χ3n) is 6.14. The van der Waals surface area contributed by atoms with Crippen LogP contribution in [0, 0.1) is 5.92 Å². The van der Waals surface area contributed by atoms with Gasteiger partial charge in [0.2, 0.25) is 11.8 Å². The van der Waals surface area contributed by atoms with Crippen molar-refractivity contribution in [1.29, 1.82) is 0 Å². The highest BCUT2D eigenvalue weighted by molar-refractivity contribution is 5.85. The predicted molar refractivity (Wildman–Crippen MR) is 115 cm³/mol. The number of benzene rings is 1. The van der Waals surface area contributed by atoms with E-state index in [9.17, 15) is 9.59 Å². The van der Waals surface area contributed by atoms with Gasteiger partial charge in [-0.1, -0.05) is 24.3 Å². The second kappa shape index (κ2) is 9.53. The van der Waals surface area contributed by atoms with Crippen LogP contribution in [0.25, 0.3) is 10.9 Å². The topological polar surface area (TPSA) is 66.0 Å². The third-order valence-corrected chi connectivity index (χ3v) is 6.14. The number of hydrogen-bond donors (Lipinski definition) is 0. The fraction of sp³-hybridized carbons (Fsp3) is 0.522. The zero-order chi connectivity index (χ0) is 20.9. The van der Waals surface area contributed by atoms with Gasteiger partial charge in [-0.15, -0.1) is 0 Å². The molecule has 0 bridgehead atoms. The van der Waals surface area contributed by atoms with Crippen LogP contribution in [0.15, 0.2) is 36.5 Å². The highest BCUT2D eigenvalue weighted by Crippen LogP contribution is 2.22. The standard InChI is InChI=1S/C23H30N4O3/c1-25(16-19-5-2-4-18-6-3-9-24-22(18)19)23(29)20-7-8-21(28)27(17-20)11-10-26-12-14-30-15-13-26/h2-6,9,20H,7-8,10-17H2,1H3. The van der Waals surface area contributed by atoms with Gasteiger partial charge in [-0.3, -0.25) is 19.5 Å². The smallest absolute Gasteiger partial charge is 0.227 e. The molecule has 0 radical (unpaired) electrons. The molecule has 2 saturated heterocycles. The average molecular weight is 411 g/mol. The zero-order valence-electron chi connectivity index (χ0n) is 17.6. The summed E-state index contributed by atoms with van der Waals surface area (Å²) in [4.78, 5) is 36.0. The van der Waals surface area contributed by atoms with Gasteiger partial charge in [-0.25, -0.2) is 0 Å². The predicted octanol–water partition coefficient (Wildman–Crippen LogP) is 1.76. The summed E-state index contributed by atoms with van der Waals surface area (Å²) in [5.74, 6) is 0.125. The van der Waals surface area contributed by atoms with Crippen molar-refractivity contribution >= 4 is 22.7 Å². The number of likely N-dealkylation sites (tertiary alicyclic amines) is 1. The summed E-state index contributed by atoms with van der Waals surface area (Å²) in [5, 5.41) is 1.08. The number of nitrogens with zero attached hydrogens (tertiary/aromatic N) is 4. The molecule has 2 aromatic rings. The Morgan fingerprint density at radius 1 is 1.20 bits per heavy atom. The molecule has 7 heteroatoms. The Labute approximate surface area is 177 Å². The van der Waals surface area contributed by atoms with E-state index in [1.807, 2.05) is 42.3 Å². The van der Waals surface area contributed by atoms with E-state index in [1.54, 1.807) is 11.1 Å². The number of aromatic nitrogens is 1. The Kier molecular flexibility index (Phi) is 6.59. The lowest BCUT2D eigenvalue weighted by atomic mass is 9.95. The lowest BCUT2D eigenvalue weighted by molar-refractivity contribution is -0.142. The minimum absolute atomic E-state index is 0.104. The van der Waals surface area contributed by atoms with Crippen LogP contribution in [0.2, 0.25) is 0 Å². The Morgan fingerprint density at radius 3 is 2.83 bits per heavy atom. The number of ether oxygens (including phenoxy) is 1. The van der Waals surface area contributed by atoms with Crippen LogP contribution in [-0.4, -0.2) is 84.5 Å². The SMILES string of the molecule is CN(Cc1cccc2cccnc12)C(=O)C1CCC(=O)N(CCN2CCOCC2)C1. The minimum Gasteiger partial charge on any atom is -0.379 e. The molecule has 1 aromatic carbocycles. The van der Waals surface area contributed by atoms with Crippen molar-refractivity contribution in [3.8, 4) is 0 Å². The van der Waals surface area contributed by atoms with Crippen molar-refractivity contribution in [2.24, 2.45) is 5.92 Å². The summed E-state index contributed by atoms with van der Waals surface area (Å²) in [6.07, 6.45) is 2.86. The van der Waals surface area contributed by atoms with E-state index >= 15 is 0 Å². The molecule has 0 spiro atoms. The molecular weight excluding hydrogens is 380 g/mol. The molecule has 2 amide bonds. The van der Waals surface area contributed by atoms with Crippen molar-refractivity contribution in [3.05, 3.63) is 42.1 Å². The maximum Gasteiger partial charge on any atom is 0.227 e. The van der Waals surface area contributed by atoms with Crippen LogP contribution < -0.4 is 0 Å². The van der Waals surface area contributed by atoms with E-state index in [4.69, 9.17) is 4.74 Å². The third kappa shape index (κ3) is 4.79. The van der Waals surface area contributed by atoms with Crippen molar-refractivity contribution < 1.29 is 14.3 Å². The molecule has 1 unspecified atom stereocenters. The van der Waals surface area contributed by atoms with E-state index in [2.05, 4.69) is 9.88 Å². The molecule has 160 valence electrons. The number of piperidine rings is 1. The van der Waals surface area contributed by atoms with Crippen LogP contribution in [0.3, 0.4) is 0 Å². The van der Waals surface area contributed by atoms with Gasteiger partial charge >= 0.3 is 0 Å². The van der Waals surface area contributed by atoms with E-state index in [0.29, 0.717) is 32.5 Å². The lowest BCUT2D eigenvalue weighted by Crippen LogP contribution is -2.49. The molecule has 1 aromatic heterocycles. The molecule has 1 atom stereocenters. The van der Waals surface area contributed by atoms with Gasteiger partial charge in [0.1, 0.15) is 0 Å². The maximum absolute atomic E-state index is 13.1. The lowest BCUT2D eigenvalue weighted by Gasteiger charge is -2.35. The number of rotatable bonds is 6. The number of hydrogen-bond acceptors (Lipinski definition) is 5. The van der Waals surface area contributed by atoms with Crippen molar-refractivity contribution in [2.45, 2.75) is 19.4 Å². The number of pyridine rings is 1. The molecule has 7 nitrogen and oxygen atoms in total. The van der Waals surface area contributed by atoms with Crippen LogP contribution in [0.5, 0.6) is 0 Å². The van der Waals surface area contributed by atoms with Crippen LogP contribution in [-0.2, 0) is 20.9 Å². The number of morpholine rings is 1. The summed E-state index contributed by atoms with van der Waals surface area (Å²) in [7, 11) is 1.85. The molecule has 2 aliphatic heterocycles. The first kappa shape index (κ1) is 20.8. The highest BCUT2D eigenvalue weighted by Gasteiger charge is 2.32. The normalized spacial score (nSPS) is 20.5. The van der Waals surface area contributed by atoms with Crippen molar-refractivity contribution in [1.82, 2.24) is 19.7 Å². The summed E-state index contributed by atoms with van der Waals surface area (Å²) in [6.45, 7) is 5.88. The van der Waals surface area contributed by atoms with E-state index in [0.717, 1.165) is 49.3 Å². The van der Waals surface area contributed by atoms with Gasteiger partial charge in [0.15, 0.2) is 0 Å². The maximum atomic E-state index is 13.1. The monoisotopic (exact) mass is 410 g/mol. The number of carbonyl (C=O) groups excluding carboxylic acids is 2. The van der Waals surface area contributed by atoms with Gasteiger partial charge in [0.25, 0.3) is 0 Å². The van der Waals surface area contributed by atoms with Crippen LogP contribution >= 0.6 is 0 Å². The fourth-order valence-corrected chi connectivity index (χ4v) is 4.36. The second-order valence-electron chi connectivity index (χ2n) is 8.22. The molecule has 3 heterocycles. The zero-order valence-corrected chi connectivity index (χ0v) is 17.6. The molecular formula is C23H30N4O3. The number of amides is 2. The van der Waals surface area contributed by atoms with Gasteiger partial charge in [-0.2, -0.15) is 0 Å². The largest absolute Gasteiger partial charge is 0.379 e. The van der Waals surface area contributed by atoms with Gasteiger partial charge in [0.05, 0.1) is 24.6 Å². The van der Waals surface area contributed by atoms with E-state index in [1.165, 1.54) is 0 Å². The first-order valence-electron chi connectivity index (χ1n) is 10.8. The molecule has 0 saturated carbocycles. The minimum atomic E-state index is -0.139. The highest BCUT2D eigenvalue weighted by atomic mass is 16.5. The number of fused-ring (bicyclic) bond motifs is 1. The van der Waals surface area contributed by atoms with Gasteiger partial charge in [0, 0.05) is 64.3 Å². The van der Waals surface area contributed by atoms with Gasteiger partial charge in [-0.05, 0) is 18.1 Å². The van der Waals surface area contributed by atoms with E-state index in [-0.39, 0.29) is 17.7 Å².